The Balaban J connectivity index is 2.02. The lowest BCUT2D eigenvalue weighted by molar-refractivity contribution is -0.255. The second-order valence-corrected chi connectivity index (χ2v) is 5.41. The van der Waals surface area contributed by atoms with Crippen molar-refractivity contribution < 1.29 is 27.8 Å². The lowest BCUT2D eigenvalue weighted by Crippen LogP contribution is -2.35. The van der Waals surface area contributed by atoms with Crippen molar-refractivity contribution in [3.8, 4) is 5.75 Å². The van der Waals surface area contributed by atoms with Crippen LogP contribution >= 0.6 is 0 Å². The van der Waals surface area contributed by atoms with E-state index in [2.05, 4.69) is 10.4 Å². The zero-order valence-corrected chi connectivity index (χ0v) is 12.5. The number of carboxylic acid groups (broad SMARTS) is 1. The number of aromatic carboxylic acids is 1. The van der Waals surface area contributed by atoms with Crippen molar-refractivity contribution in [2.24, 2.45) is 0 Å². The van der Waals surface area contributed by atoms with Crippen LogP contribution in [-0.2, 0) is 0 Å². The molecule has 0 saturated heterocycles. The maximum Gasteiger partial charge on any atom is 0.410 e. The van der Waals surface area contributed by atoms with E-state index in [9.17, 15) is 23.1 Å². The molecule has 0 bridgehead atoms. The Morgan fingerprint density at radius 1 is 1.42 bits per heavy atom. The number of carboxylic acids is 1. The van der Waals surface area contributed by atoms with Crippen molar-refractivity contribution in [2.45, 2.75) is 24.7 Å². The van der Waals surface area contributed by atoms with Crippen molar-refractivity contribution in [3.63, 3.8) is 0 Å². The fourth-order valence-electron chi connectivity index (χ4n) is 2.75. The number of methoxy groups -OCH3 is 1. The Hall–Kier alpha value is -2.71. The molecule has 1 aliphatic heterocycles. The Labute approximate surface area is 134 Å². The molecule has 0 saturated carbocycles. The largest absolute Gasteiger partial charge is 0.543 e. The standard InChI is InChI=1S/C15H14F3N3O3/c1-24-9-4-2-3-8(5-9)10-6-12(15(16,17)18)21-13(19-10)7-11(20-21)14(22)23/h2-5,7,10,12,19H,6H2,1H3,(H,22,23)/p-1/t10-,12+/m0/s1. The number of benzene rings is 1. The van der Waals surface area contributed by atoms with Gasteiger partial charge in [0.25, 0.3) is 0 Å². The van der Waals surface area contributed by atoms with E-state index in [-0.39, 0.29) is 12.2 Å². The summed E-state index contributed by atoms with van der Waals surface area (Å²) in [6, 6.07) is 5.13. The van der Waals surface area contributed by atoms with Crippen molar-refractivity contribution in [1.82, 2.24) is 9.78 Å². The van der Waals surface area contributed by atoms with Crippen LogP contribution in [0.2, 0.25) is 0 Å². The van der Waals surface area contributed by atoms with Crippen molar-refractivity contribution in [2.75, 3.05) is 12.4 Å². The highest BCUT2D eigenvalue weighted by atomic mass is 19.4. The van der Waals surface area contributed by atoms with Gasteiger partial charge in [-0.2, -0.15) is 18.3 Å². The average Bonchev–Trinajstić information content (AvgIpc) is 2.97. The minimum absolute atomic E-state index is 0.0180. The molecule has 1 aromatic carbocycles. The first-order valence-corrected chi connectivity index (χ1v) is 7.07. The van der Waals surface area contributed by atoms with Gasteiger partial charge in [0, 0.05) is 12.5 Å². The molecule has 1 N–H and O–H groups in total. The number of alkyl halides is 3. The number of rotatable bonds is 3. The van der Waals surface area contributed by atoms with E-state index in [0.717, 1.165) is 6.07 Å². The number of carbonyl (C=O) groups is 1. The third-order valence-corrected chi connectivity index (χ3v) is 3.90. The van der Waals surface area contributed by atoms with E-state index in [1.54, 1.807) is 24.3 Å². The Morgan fingerprint density at radius 3 is 2.79 bits per heavy atom. The average molecular weight is 340 g/mol. The van der Waals surface area contributed by atoms with Crippen molar-refractivity contribution in [1.29, 1.82) is 0 Å². The minimum atomic E-state index is -4.57. The molecule has 0 spiro atoms. The summed E-state index contributed by atoms with van der Waals surface area (Å²) in [5.41, 5.74) is 0.0593. The Morgan fingerprint density at radius 2 is 2.17 bits per heavy atom. The predicted octanol–water partition coefficient (Wildman–Crippen LogP) is 1.92. The molecule has 0 unspecified atom stereocenters. The Kier molecular flexibility index (Phi) is 3.86. The lowest BCUT2D eigenvalue weighted by Gasteiger charge is -2.33. The molecule has 6 nitrogen and oxygen atoms in total. The van der Waals surface area contributed by atoms with Gasteiger partial charge in [-0.25, -0.2) is 4.68 Å². The number of carbonyl (C=O) groups excluding carboxylic acids is 1. The predicted molar refractivity (Wildman–Crippen MR) is 75.6 cm³/mol. The third kappa shape index (κ3) is 2.89. The molecule has 24 heavy (non-hydrogen) atoms. The summed E-state index contributed by atoms with van der Waals surface area (Å²) >= 11 is 0. The van der Waals surface area contributed by atoms with Crippen LogP contribution < -0.4 is 15.2 Å². The highest BCUT2D eigenvalue weighted by molar-refractivity contribution is 5.84. The second-order valence-electron chi connectivity index (χ2n) is 5.41. The fraction of sp³-hybridized carbons (Fsp3) is 0.333. The van der Waals surface area contributed by atoms with Gasteiger partial charge in [-0.3, -0.25) is 0 Å². The molecule has 0 fully saturated rings. The molecule has 3 rings (SSSR count). The molecular weight excluding hydrogens is 327 g/mol. The second kappa shape index (κ2) is 5.73. The number of fused-ring (bicyclic) bond motifs is 1. The summed E-state index contributed by atoms with van der Waals surface area (Å²) in [4.78, 5) is 10.9. The lowest BCUT2D eigenvalue weighted by atomic mass is 9.97. The first-order valence-electron chi connectivity index (χ1n) is 7.07. The molecule has 2 aromatic rings. The summed E-state index contributed by atoms with van der Waals surface area (Å²) in [6.07, 6.45) is -4.89. The van der Waals surface area contributed by atoms with E-state index >= 15 is 0 Å². The molecule has 2 heterocycles. The molecule has 9 heteroatoms. The normalized spacial score (nSPS) is 20.2. The summed E-state index contributed by atoms with van der Waals surface area (Å²) in [5, 5.41) is 17.3. The molecule has 128 valence electrons. The SMILES string of the molecule is COc1cccc([C@@H]2C[C@H](C(F)(F)F)n3nc(C(=O)[O-])cc3N2)c1. The van der Waals surface area contributed by atoms with Gasteiger partial charge in [-0.15, -0.1) is 0 Å². The molecule has 1 aliphatic rings. The summed E-state index contributed by atoms with van der Waals surface area (Å²) in [6.45, 7) is 0. The van der Waals surface area contributed by atoms with E-state index in [1.165, 1.54) is 7.11 Å². The maximum absolute atomic E-state index is 13.4. The van der Waals surface area contributed by atoms with E-state index < -0.39 is 29.9 Å². The summed E-state index contributed by atoms with van der Waals surface area (Å²) in [7, 11) is 1.47. The number of aromatic nitrogens is 2. The molecular formula is C15H13F3N3O3-. The van der Waals surface area contributed by atoms with Gasteiger partial charge in [0.05, 0.1) is 19.1 Å². The number of hydrogen-bond acceptors (Lipinski definition) is 5. The smallest absolute Gasteiger partial charge is 0.410 e. The van der Waals surface area contributed by atoms with Gasteiger partial charge in [0.2, 0.25) is 0 Å². The van der Waals surface area contributed by atoms with Crippen LogP contribution in [0.25, 0.3) is 0 Å². The van der Waals surface area contributed by atoms with E-state index in [4.69, 9.17) is 4.74 Å². The molecule has 0 amide bonds. The third-order valence-electron chi connectivity index (χ3n) is 3.90. The molecule has 2 atom stereocenters. The summed E-state index contributed by atoms with van der Waals surface area (Å²) < 4.78 is 45.9. The van der Waals surface area contributed by atoms with Crippen LogP contribution in [0, 0.1) is 0 Å². The quantitative estimate of drug-likeness (QED) is 0.923. The monoisotopic (exact) mass is 340 g/mol. The van der Waals surface area contributed by atoms with E-state index in [0.29, 0.717) is 16.0 Å². The van der Waals surface area contributed by atoms with Crippen molar-refractivity contribution >= 4 is 11.8 Å². The van der Waals surface area contributed by atoms with Crippen LogP contribution in [0.1, 0.15) is 34.6 Å². The number of halogens is 3. The van der Waals surface area contributed by atoms with Crippen molar-refractivity contribution in [3.05, 3.63) is 41.6 Å². The molecule has 0 radical (unpaired) electrons. The fourth-order valence-corrected chi connectivity index (χ4v) is 2.75. The highest BCUT2D eigenvalue weighted by Gasteiger charge is 2.46. The first-order chi connectivity index (χ1) is 11.3. The molecule has 0 aliphatic carbocycles. The van der Waals surface area contributed by atoms with Crippen LogP contribution in [-0.4, -0.2) is 29.0 Å². The number of anilines is 1. The van der Waals surface area contributed by atoms with Crippen LogP contribution in [0.5, 0.6) is 5.75 Å². The zero-order chi connectivity index (χ0) is 17.5. The van der Waals surface area contributed by atoms with Gasteiger partial charge in [-0.1, -0.05) is 12.1 Å². The number of nitrogens with one attached hydrogen (secondary N) is 1. The summed E-state index contributed by atoms with van der Waals surface area (Å²) in [5.74, 6) is -1.12. The zero-order valence-electron chi connectivity index (χ0n) is 12.5. The molecule has 1 aromatic heterocycles. The van der Waals surface area contributed by atoms with E-state index in [1.807, 2.05) is 0 Å². The topological polar surface area (TPSA) is 79.2 Å². The number of ether oxygens (including phenoxy) is 1. The van der Waals surface area contributed by atoms with Gasteiger partial charge < -0.3 is 20.0 Å². The minimum Gasteiger partial charge on any atom is -0.543 e. The highest BCUT2D eigenvalue weighted by Crippen LogP contribution is 2.43. The van der Waals surface area contributed by atoms with Gasteiger partial charge in [0.1, 0.15) is 17.3 Å². The maximum atomic E-state index is 13.4. The van der Waals surface area contributed by atoms with Crippen LogP contribution in [0.15, 0.2) is 30.3 Å². The number of nitrogens with zero attached hydrogens (tertiary/aromatic N) is 2. The Bertz CT molecular complexity index is 773. The van der Waals surface area contributed by atoms with Crippen LogP contribution in [0.4, 0.5) is 19.0 Å². The van der Waals surface area contributed by atoms with Gasteiger partial charge in [-0.05, 0) is 17.7 Å². The first kappa shape index (κ1) is 16.2. The van der Waals surface area contributed by atoms with Crippen LogP contribution in [0.3, 0.4) is 0 Å². The van der Waals surface area contributed by atoms with Gasteiger partial charge >= 0.3 is 6.18 Å². The van der Waals surface area contributed by atoms with Gasteiger partial charge in [0.15, 0.2) is 6.04 Å². The number of hydrogen-bond donors (Lipinski definition) is 1.